The zero-order valence-corrected chi connectivity index (χ0v) is 8.30. The molecule has 2 atom stereocenters. The fraction of sp³-hybridized carbons (Fsp3) is 0.875. The van der Waals surface area contributed by atoms with Gasteiger partial charge in [-0.25, -0.2) is 0 Å². The average Bonchev–Trinajstić information content (AvgIpc) is 2.32. The maximum atomic E-state index is 10.7. The molecule has 0 spiro atoms. The van der Waals surface area contributed by atoms with Crippen LogP contribution in [0.25, 0.3) is 0 Å². The van der Waals surface area contributed by atoms with Gasteiger partial charge in [0.05, 0.1) is 5.92 Å². The highest BCUT2D eigenvalue weighted by Crippen LogP contribution is 2.28. The van der Waals surface area contributed by atoms with Crippen molar-refractivity contribution in [3.63, 3.8) is 0 Å². The summed E-state index contributed by atoms with van der Waals surface area (Å²) >= 11 is 0. The standard InChI is InChI=1S/C8H15NO2.ClH/c1-9(2)7-5-3-4-6(7)8(10)11;/h6-7H,3-5H2,1-2H3,(H,10,11);1H/t6-,7-;/m1./s1. The summed E-state index contributed by atoms with van der Waals surface area (Å²) in [6, 6.07) is 0.257. The minimum atomic E-state index is -0.638. The third-order valence-corrected chi connectivity index (χ3v) is 2.46. The summed E-state index contributed by atoms with van der Waals surface area (Å²) in [5.74, 6) is -0.772. The molecule has 0 aromatic rings. The highest BCUT2D eigenvalue weighted by atomic mass is 35.5. The van der Waals surface area contributed by atoms with Crippen LogP contribution in [0.5, 0.6) is 0 Å². The Morgan fingerprint density at radius 1 is 1.42 bits per heavy atom. The number of rotatable bonds is 2. The highest BCUT2D eigenvalue weighted by Gasteiger charge is 2.33. The van der Waals surface area contributed by atoms with E-state index < -0.39 is 5.97 Å². The van der Waals surface area contributed by atoms with Gasteiger partial charge in [0.1, 0.15) is 0 Å². The second kappa shape index (κ2) is 4.67. The molecule has 1 saturated carbocycles. The van der Waals surface area contributed by atoms with Gasteiger partial charge in [0, 0.05) is 6.04 Å². The predicted octanol–water partition coefficient (Wildman–Crippen LogP) is 1.22. The molecule has 0 saturated heterocycles. The van der Waals surface area contributed by atoms with Crippen molar-refractivity contribution in [3.8, 4) is 0 Å². The van der Waals surface area contributed by atoms with Crippen LogP contribution in [-0.2, 0) is 4.79 Å². The number of hydrogen-bond acceptors (Lipinski definition) is 2. The molecule has 0 aromatic carbocycles. The Labute approximate surface area is 79.2 Å². The van der Waals surface area contributed by atoms with E-state index >= 15 is 0 Å². The zero-order valence-electron chi connectivity index (χ0n) is 7.49. The van der Waals surface area contributed by atoms with Gasteiger partial charge in [-0.15, -0.1) is 12.4 Å². The van der Waals surface area contributed by atoms with Gasteiger partial charge in [-0.05, 0) is 26.9 Å². The van der Waals surface area contributed by atoms with Gasteiger partial charge < -0.3 is 10.0 Å². The Morgan fingerprint density at radius 2 is 2.00 bits per heavy atom. The average molecular weight is 194 g/mol. The monoisotopic (exact) mass is 193 g/mol. The van der Waals surface area contributed by atoms with Crippen LogP contribution < -0.4 is 0 Å². The maximum Gasteiger partial charge on any atom is 0.308 e. The number of hydrogen-bond donors (Lipinski definition) is 1. The molecular weight excluding hydrogens is 178 g/mol. The first-order valence-electron chi connectivity index (χ1n) is 4.02. The Hall–Kier alpha value is -0.280. The summed E-state index contributed by atoms with van der Waals surface area (Å²) in [4.78, 5) is 12.7. The van der Waals surface area contributed by atoms with Gasteiger partial charge >= 0.3 is 5.97 Å². The topological polar surface area (TPSA) is 40.5 Å². The number of carboxylic acids is 1. The summed E-state index contributed by atoms with van der Waals surface area (Å²) in [6.45, 7) is 0. The number of aliphatic carboxylic acids is 1. The second-order valence-corrected chi connectivity index (χ2v) is 3.41. The molecule has 1 aliphatic carbocycles. The quantitative estimate of drug-likeness (QED) is 0.717. The first-order chi connectivity index (χ1) is 5.13. The lowest BCUT2D eigenvalue weighted by molar-refractivity contribution is -0.143. The van der Waals surface area contributed by atoms with E-state index in [1.165, 1.54) is 0 Å². The van der Waals surface area contributed by atoms with Crippen molar-refractivity contribution in [1.29, 1.82) is 0 Å². The molecular formula is C8H16ClNO2. The molecule has 1 rings (SSSR count). The third kappa shape index (κ3) is 2.35. The van der Waals surface area contributed by atoms with E-state index in [0.717, 1.165) is 19.3 Å². The van der Waals surface area contributed by atoms with E-state index in [1.54, 1.807) is 0 Å². The molecule has 0 amide bonds. The van der Waals surface area contributed by atoms with Crippen LogP contribution in [0, 0.1) is 5.92 Å². The number of carbonyl (C=O) groups is 1. The minimum Gasteiger partial charge on any atom is -0.481 e. The van der Waals surface area contributed by atoms with Crippen molar-refractivity contribution >= 4 is 18.4 Å². The Bertz CT molecular complexity index is 161. The summed E-state index contributed by atoms with van der Waals surface area (Å²) < 4.78 is 0. The van der Waals surface area contributed by atoms with Gasteiger partial charge in [0.25, 0.3) is 0 Å². The molecule has 0 aromatic heterocycles. The van der Waals surface area contributed by atoms with E-state index in [4.69, 9.17) is 5.11 Å². The molecule has 1 N–H and O–H groups in total. The Balaban J connectivity index is 0.00000121. The molecule has 0 aliphatic heterocycles. The van der Waals surface area contributed by atoms with Gasteiger partial charge in [0.2, 0.25) is 0 Å². The lowest BCUT2D eigenvalue weighted by Crippen LogP contribution is -2.35. The molecule has 0 heterocycles. The van der Waals surface area contributed by atoms with E-state index in [2.05, 4.69) is 0 Å². The van der Waals surface area contributed by atoms with Crippen molar-refractivity contribution in [2.75, 3.05) is 14.1 Å². The van der Waals surface area contributed by atoms with Crippen LogP contribution in [-0.4, -0.2) is 36.1 Å². The number of carboxylic acid groups (broad SMARTS) is 1. The normalized spacial score (nSPS) is 28.6. The van der Waals surface area contributed by atoms with E-state index in [0.29, 0.717) is 0 Å². The van der Waals surface area contributed by atoms with E-state index in [-0.39, 0.29) is 24.4 Å². The van der Waals surface area contributed by atoms with Crippen molar-refractivity contribution in [1.82, 2.24) is 4.90 Å². The Morgan fingerprint density at radius 3 is 2.33 bits per heavy atom. The fourth-order valence-electron chi connectivity index (χ4n) is 1.85. The van der Waals surface area contributed by atoms with E-state index in [1.807, 2.05) is 19.0 Å². The first kappa shape index (κ1) is 11.7. The molecule has 1 fully saturated rings. The van der Waals surface area contributed by atoms with Crippen molar-refractivity contribution in [2.24, 2.45) is 5.92 Å². The zero-order chi connectivity index (χ0) is 8.43. The van der Waals surface area contributed by atoms with Gasteiger partial charge in [-0.1, -0.05) is 6.42 Å². The van der Waals surface area contributed by atoms with Crippen LogP contribution in [0.2, 0.25) is 0 Å². The summed E-state index contributed by atoms with van der Waals surface area (Å²) in [5.41, 5.74) is 0. The van der Waals surface area contributed by atoms with Gasteiger partial charge in [-0.2, -0.15) is 0 Å². The molecule has 0 unspecified atom stereocenters. The van der Waals surface area contributed by atoms with Gasteiger partial charge in [-0.3, -0.25) is 4.79 Å². The fourth-order valence-corrected chi connectivity index (χ4v) is 1.85. The van der Waals surface area contributed by atoms with Crippen LogP contribution in [0.4, 0.5) is 0 Å². The smallest absolute Gasteiger partial charge is 0.308 e. The lowest BCUT2D eigenvalue weighted by atomic mass is 10.0. The van der Waals surface area contributed by atoms with Gasteiger partial charge in [0.15, 0.2) is 0 Å². The molecule has 0 radical (unpaired) electrons. The van der Waals surface area contributed by atoms with Crippen LogP contribution in [0.15, 0.2) is 0 Å². The SMILES string of the molecule is CN(C)[C@@H]1CCC[C@H]1C(=O)O.Cl. The highest BCUT2D eigenvalue weighted by molar-refractivity contribution is 5.85. The van der Waals surface area contributed by atoms with Crippen LogP contribution in [0.1, 0.15) is 19.3 Å². The molecule has 4 heteroatoms. The van der Waals surface area contributed by atoms with Crippen LogP contribution in [0.3, 0.4) is 0 Å². The Kier molecular flexibility index (Phi) is 4.57. The summed E-state index contributed by atoms with van der Waals surface area (Å²) in [7, 11) is 3.90. The summed E-state index contributed by atoms with van der Waals surface area (Å²) in [6.07, 6.45) is 2.93. The lowest BCUT2D eigenvalue weighted by Gasteiger charge is -2.22. The molecule has 3 nitrogen and oxygen atoms in total. The first-order valence-corrected chi connectivity index (χ1v) is 4.02. The predicted molar refractivity (Wildman–Crippen MR) is 49.7 cm³/mol. The molecule has 1 aliphatic rings. The third-order valence-electron chi connectivity index (χ3n) is 2.46. The largest absolute Gasteiger partial charge is 0.481 e. The number of halogens is 1. The maximum absolute atomic E-state index is 10.7. The minimum absolute atomic E-state index is 0. The number of nitrogens with zero attached hydrogens (tertiary/aromatic N) is 1. The van der Waals surface area contributed by atoms with Crippen molar-refractivity contribution in [3.05, 3.63) is 0 Å². The van der Waals surface area contributed by atoms with Crippen molar-refractivity contribution in [2.45, 2.75) is 25.3 Å². The second-order valence-electron chi connectivity index (χ2n) is 3.41. The van der Waals surface area contributed by atoms with Crippen molar-refractivity contribution < 1.29 is 9.90 Å². The molecule has 0 bridgehead atoms. The summed E-state index contributed by atoms with van der Waals surface area (Å²) in [5, 5.41) is 8.81. The molecule has 12 heavy (non-hydrogen) atoms. The van der Waals surface area contributed by atoms with Crippen LogP contribution >= 0.6 is 12.4 Å². The molecule has 72 valence electrons. The van der Waals surface area contributed by atoms with E-state index in [9.17, 15) is 4.79 Å².